The van der Waals surface area contributed by atoms with Crippen LogP contribution in [-0.4, -0.2) is 5.79 Å². The smallest absolute Gasteiger partial charge is 0.246 e. The molecule has 1 aliphatic heterocycles. The Morgan fingerprint density at radius 1 is 1.36 bits per heavy atom. The van der Waals surface area contributed by atoms with Gasteiger partial charge in [-0.25, -0.2) is 4.39 Å². The summed E-state index contributed by atoms with van der Waals surface area (Å²) in [6.45, 7) is 3.39. The van der Waals surface area contributed by atoms with Crippen LogP contribution in [0.3, 0.4) is 0 Å². The van der Waals surface area contributed by atoms with Crippen molar-refractivity contribution in [3.63, 3.8) is 0 Å². The molecule has 14 heavy (non-hydrogen) atoms. The van der Waals surface area contributed by atoms with E-state index >= 15 is 0 Å². The van der Waals surface area contributed by atoms with Gasteiger partial charge in [0.05, 0.1) is 5.02 Å². The van der Waals surface area contributed by atoms with E-state index in [0.29, 0.717) is 5.75 Å². The van der Waals surface area contributed by atoms with E-state index in [4.69, 9.17) is 26.8 Å². The highest BCUT2D eigenvalue weighted by Gasteiger charge is 2.36. The minimum absolute atomic E-state index is 0.0741. The van der Waals surface area contributed by atoms with Crippen molar-refractivity contribution in [2.75, 3.05) is 5.73 Å². The predicted octanol–water partition coefficient (Wildman–Crippen LogP) is 2.57. The Labute approximate surface area is 85.6 Å². The quantitative estimate of drug-likeness (QED) is 0.680. The number of ether oxygens (including phenoxy) is 2. The molecule has 3 nitrogen and oxygen atoms in total. The van der Waals surface area contributed by atoms with E-state index in [2.05, 4.69) is 0 Å². The molecule has 76 valence electrons. The van der Waals surface area contributed by atoms with Crippen LogP contribution >= 0.6 is 11.6 Å². The fraction of sp³-hybridized carbons (Fsp3) is 0.333. The highest BCUT2D eigenvalue weighted by molar-refractivity contribution is 6.32. The molecule has 2 N–H and O–H groups in total. The van der Waals surface area contributed by atoms with Gasteiger partial charge in [0.2, 0.25) is 5.79 Å². The lowest BCUT2D eigenvalue weighted by molar-refractivity contribution is -0.0428. The first-order valence-corrected chi connectivity index (χ1v) is 4.44. The van der Waals surface area contributed by atoms with Crippen molar-refractivity contribution in [1.82, 2.24) is 0 Å². The fourth-order valence-electron chi connectivity index (χ4n) is 1.30. The molecule has 0 unspecified atom stereocenters. The number of fused-ring (bicyclic) bond motifs is 1. The number of rotatable bonds is 0. The second-order valence-corrected chi connectivity index (χ2v) is 3.92. The van der Waals surface area contributed by atoms with Gasteiger partial charge < -0.3 is 15.2 Å². The zero-order valence-electron chi connectivity index (χ0n) is 7.73. The van der Waals surface area contributed by atoms with Crippen LogP contribution in [0.1, 0.15) is 13.8 Å². The summed E-state index contributed by atoms with van der Waals surface area (Å²) in [5.41, 5.74) is 5.41. The van der Waals surface area contributed by atoms with Gasteiger partial charge in [0.15, 0.2) is 17.3 Å². The van der Waals surface area contributed by atoms with E-state index in [-0.39, 0.29) is 16.5 Å². The normalized spacial score (nSPS) is 17.1. The number of halogens is 2. The molecular weight excluding hydrogens is 209 g/mol. The Kier molecular flexibility index (Phi) is 1.79. The highest BCUT2D eigenvalue weighted by Crippen LogP contribution is 2.48. The minimum atomic E-state index is -0.853. The van der Waals surface area contributed by atoms with Gasteiger partial charge in [-0.1, -0.05) is 11.6 Å². The van der Waals surface area contributed by atoms with Crippen molar-refractivity contribution in [3.05, 3.63) is 16.9 Å². The Morgan fingerprint density at radius 2 is 1.93 bits per heavy atom. The molecule has 5 heteroatoms. The molecule has 0 bridgehead atoms. The summed E-state index contributed by atoms with van der Waals surface area (Å²) in [5, 5.41) is 0.164. The van der Waals surface area contributed by atoms with Crippen LogP contribution in [0.15, 0.2) is 6.07 Å². The minimum Gasteiger partial charge on any atom is -0.447 e. The van der Waals surface area contributed by atoms with Gasteiger partial charge in [-0.2, -0.15) is 0 Å². The second-order valence-electron chi connectivity index (χ2n) is 3.52. The third-order valence-electron chi connectivity index (χ3n) is 1.87. The maximum Gasteiger partial charge on any atom is 0.246 e. The van der Waals surface area contributed by atoms with Gasteiger partial charge in [0, 0.05) is 13.8 Å². The number of benzene rings is 1. The average molecular weight is 218 g/mol. The van der Waals surface area contributed by atoms with E-state index < -0.39 is 11.6 Å². The highest BCUT2D eigenvalue weighted by atomic mass is 35.5. The van der Waals surface area contributed by atoms with Crippen LogP contribution in [0.5, 0.6) is 11.5 Å². The zero-order valence-corrected chi connectivity index (χ0v) is 8.48. The Bertz CT molecular complexity index is 406. The Balaban J connectivity index is 2.61. The fourth-order valence-corrected chi connectivity index (χ4v) is 1.52. The van der Waals surface area contributed by atoms with Gasteiger partial charge in [-0.15, -0.1) is 0 Å². The maximum atomic E-state index is 13.1. The third-order valence-corrected chi connectivity index (χ3v) is 2.15. The van der Waals surface area contributed by atoms with Crippen molar-refractivity contribution < 1.29 is 13.9 Å². The molecule has 0 aromatic heterocycles. The Hall–Kier alpha value is -1.16. The summed E-state index contributed by atoms with van der Waals surface area (Å²) < 4.78 is 23.8. The van der Waals surface area contributed by atoms with Gasteiger partial charge in [-0.05, 0) is 6.07 Å². The van der Waals surface area contributed by atoms with Crippen molar-refractivity contribution in [2.24, 2.45) is 0 Å². The molecular formula is C9H9ClFNO2. The van der Waals surface area contributed by atoms with Crippen molar-refractivity contribution in [3.8, 4) is 11.5 Å². The average Bonchev–Trinajstić information content (AvgIpc) is 2.38. The predicted molar refractivity (Wildman–Crippen MR) is 51.2 cm³/mol. The molecule has 1 aromatic rings. The van der Waals surface area contributed by atoms with Crippen molar-refractivity contribution >= 4 is 17.3 Å². The molecule has 0 aliphatic carbocycles. The number of nitrogens with two attached hydrogens (primary N) is 1. The summed E-state index contributed by atoms with van der Waals surface area (Å²) >= 11 is 5.77. The van der Waals surface area contributed by atoms with Crippen LogP contribution in [0.25, 0.3) is 0 Å². The van der Waals surface area contributed by atoms with Crippen LogP contribution in [0.4, 0.5) is 10.1 Å². The van der Waals surface area contributed by atoms with Crippen LogP contribution < -0.4 is 15.2 Å². The van der Waals surface area contributed by atoms with E-state index in [1.807, 2.05) is 0 Å². The molecule has 0 saturated carbocycles. The molecule has 0 fully saturated rings. The lowest BCUT2D eigenvalue weighted by Crippen LogP contribution is -2.29. The van der Waals surface area contributed by atoms with Crippen LogP contribution in [-0.2, 0) is 0 Å². The van der Waals surface area contributed by atoms with Crippen LogP contribution in [0, 0.1) is 5.82 Å². The van der Waals surface area contributed by atoms with Gasteiger partial charge in [0.25, 0.3) is 0 Å². The van der Waals surface area contributed by atoms with E-state index in [1.165, 1.54) is 0 Å². The molecule has 0 spiro atoms. The summed E-state index contributed by atoms with van der Waals surface area (Å²) in [4.78, 5) is 0. The number of hydrogen-bond acceptors (Lipinski definition) is 3. The molecule has 1 heterocycles. The van der Waals surface area contributed by atoms with Crippen molar-refractivity contribution in [2.45, 2.75) is 19.6 Å². The SMILES string of the molecule is CC1(C)Oc2c(Cl)cc(F)c(N)c2O1. The maximum absolute atomic E-state index is 13.1. The molecule has 2 rings (SSSR count). The first-order valence-electron chi connectivity index (χ1n) is 4.06. The van der Waals surface area contributed by atoms with E-state index in [1.54, 1.807) is 13.8 Å². The first kappa shape index (κ1) is 9.40. The zero-order chi connectivity index (χ0) is 10.5. The standard InChI is InChI=1S/C9H9ClFNO2/c1-9(2)13-7-4(10)3-5(11)6(12)8(7)14-9/h3H,12H2,1-2H3. The summed E-state index contributed by atoms with van der Waals surface area (Å²) in [5.74, 6) is -0.973. The van der Waals surface area contributed by atoms with E-state index in [0.717, 1.165) is 6.07 Å². The first-order chi connectivity index (χ1) is 6.41. The summed E-state index contributed by atoms with van der Waals surface area (Å²) in [6.07, 6.45) is 0. The molecule has 0 amide bonds. The number of anilines is 1. The lowest BCUT2D eigenvalue weighted by atomic mass is 10.2. The molecule has 0 atom stereocenters. The Morgan fingerprint density at radius 3 is 2.57 bits per heavy atom. The summed E-state index contributed by atoms with van der Waals surface area (Å²) in [6, 6.07) is 1.11. The van der Waals surface area contributed by atoms with Gasteiger partial charge in [-0.3, -0.25) is 0 Å². The van der Waals surface area contributed by atoms with Crippen molar-refractivity contribution in [1.29, 1.82) is 0 Å². The third kappa shape index (κ3) is 1.26. The monoisotopic (exact) mass is 217 g/mol. The number of nitrogen functional groups attached to an aromatic ring is 1. The second kappa shape index (κ2) is 2.67. The number of hydrogen-bond donors (Lipinski definition) is 1. The lowest BCUT2D eigenvalue weighted by Gasteiger charge is -2.16. The van der Waals surface area contributed by atoms with Gasteiger partial charge in [0.1, 0.15) is 5.69 Å². The van der Waals surface area contributed by atoms with Crippen LogP contribution in [0.2, 0.25) is 5.02 Å². The summed E-state index contributed by atoms with van der Waals surface area (Å²) in [7, 11) is 0. The molecule has 0 radical (unpaired) electrons. The van der Waals surface area contributed by atoms with E-state index in [9.17, 15) is 4.39 Å². The largest absolute Gasteiger partial charge is 0.447 e. The topological polar surface area (TPSA) is 44.5 Å². The molecule has 1 aromatic carbocycles. The van der Waals surface area contributed by atoms with Gasteiger partial charge >= 0.3 is 0 Å². The molecule has 0 saturated heterocycles. The molecule has 1 aliphatic rings.